The third-order valence-electron chi connectivity index (χ3n) is 2.86. The van der Waals surface area contributed by atoms with Crippen LogP contribution in [0.2, 0.25) is 0 Å². The van der Waals surface area contributed by atoms with Crippen LogP contribution in [0.5, 0.6) is 0 Å². The number of aromatic nitrogens is 2. The molecule has 0 spiro atoms. The van der Waals surface area contributed by atoms with Crippen LogP contribution in [0, 0.1) is 6.92 Å². The van der Waals surface area contributed by atoms with Crippen LogP contribution in [-0.4, -0.2) is 47.2 Å². The molecule has 0 bridgehead atoms. The van der Waals surface area contributed by atoms with E-state index in [-0.39, 0.29) is 0 Å². The molecule has 1 aliphatic rings. The van der Waals surface area contributed by atoms with Crippen LogP contribution in [0.4, 0.5) is 0 Å². The van der Waals surface area contributed by atoms with E-state index in [2.05, 4.69) is 26.0 Å². The van der Waals surface area contributed by atoms with E-state index >= 15 is 0 Å². The minimum atomic E-state index is 1.09. The van der Waals surface area contributed by atoms with Crippen molar-refractivity contribution in [3.63, 3.8) is 0 Å². The SMILES string of the molecule is Cc1cn(CCCN2CCNCC2)cn1. The number of imidazole rings is 1. The molecule has 0 aromatic carbocycles. The number of hydrogen-bond acceptors (Lipinski definition) is 3. The molecular weight excluding hydrogens is 188 g/mol. The van der Waals surface area contributed by atoms with Crippen molar-refractivity contribution in [3.05, 3.63) is 18.2 Å². The summed E-state index contributed by atoms with van der Waals surface area (Å²) in [4.78, 5) is 6.75. The van der Waals surface area contributed by atoms with Crippen molar-refractivity contribution in [1.29, 1.82) is 0 Å². The number of nitrogens with one attached hydrogen (secondary N) is 1. The summed E-state index contributed by atoms with van der Waals surface area (Å²) in [6, 6.07) is 0. The number of rotatable bonds is 4. The Morgan fingerprint density at radius 1 is 1.33 bits per heavy atom. The second-order valence-electron chi connectivity index (χ2n) is 4.20. The molecule has 0 radical (unpaired) electrons. The van der Waals surface area contributed by atoms with Crippen molar-refractivity contribution in [3.8, 4) is 0 Å². The van der Waals surface area contributed by atoms with Gasteiger partial charge in [-0.3, -0.25) is 0 Å². The van der Waals surface area contributed by atoms with Gasteiger partial charge in [-0.05, 0) is 19.9 Å². The van der Waals surface area contributed by atoms with Gasteiger partial charge >= 0.3 is 0 Å². The van der Waals surface area contributed by atoms with Crippen LogP contribution in [0.25, 0.3) is 0 Å². The Labute approximate surface area is 91.3 Å². The van der Waals surface area contributed by atoms with Crippen LogP contribution in [-0.2, 0) is 6.54 Å². The fraction of sp³-hybridized carbons (Fsp3) is 0.727. The highest BCUT2D eigenvalue weighted by atomic mass is 15.2. The van der Waals surface area contributed by atoms with Gasteiger partial charge in [-0.2, -0.15) is 0 Å². The molecule has 1 aliphatic heterocycles. The van der Waals surface area contributed by atoms with Crippen molar-refractivity contribution >= 4 is 0 Å². The van der Waals surface area contributed by atoms with Gasteiger partial charge in [0.15, 0.2) is 0 Å². The minimum Gasteiger partial charge on any atom is -0.337 e. The molecule has 1 aromatic heterocycles. The molecule has 1 saturated heterocycles. The Kier molecular flexibility index (Phi) is 3.75. The van der Waals surface area contributed by atoms with Crippen LogP contribution in [0.1, 0.15) is 12.1 Å². The molecule has 2 rings (SSSR count). The van der Waals surface area contributed by atoms with E-state index in [0.717, 1.165) is 25.3 Å². The van der Waals surface area contributed by atoms with Gasteiger partial charge in [-0.1, -0.05) is 0 Å². The number of nitrogens with zero attached hydrogens (tertiary/aromatic N) is 3. The third-order valence-corrected chi connectivity index (χ3v) is 2.86. The highest BCUT2D eigenvalue weighted by molar-refractivity contribution is 4.91. The molecule has 15 heavy (non-hydrogen) atoms. The van der Waals surface area contributed by atoms with Crippen LogP contribution in [0.15, 0.2) is 12.5 Å². The van der Waals surface area contributed by atoms with Crippen molar-refractivity contribution < 1.29 is 0 Å². The van der Waals surface area contributed by atoms with Gasteiger partial charge in [0.2, 0.25) is 0 Å². The normalized spacial score (nSPS) is 18.2. The zero-order valence-electron chi connectivity index (χ0n) is 9.45. The summed E-state index contributed by atoms with van der Waals surface area (Å²) in [5.74, 6) is 0. The maximum Gasteiger partial charge on any atom is 0.0949 e. The first-order chi connectivity index (χ1) is 7.34. The van der Waals surface area contributed by atoms with Gasteiger partial charge < -0.3 is 14.8 Å². The summed E-state index contributed by atoms with van der Waals surface area (Å²) in [6.45, 7) is 9.01. The fourth-order valence-electron chi connectivity index (χ4n) is 2.01. The Morgan fingerprint density at radius 3 is 2.80 bits per heavy atom. The first kappa shape index (κ1) is 10.6. The lowest BCUT2D eigenvalue weighted by Gasteiger charge is -2.27. The molecular formula is C11H20N4. The van der Waals surface area contributed by atoms with Gasteiger partial charge in [0.1, 0.15) is 0 Å². The lowest BCUT2D eigenvalue weighted by Crippen LogP contribution is -2.43. The molecule has 84 valence electrons. The number of hydrogen-bond donors (Lipinski definition) is 1. The standard InChI is InChI=1S/C11H20N4/c1-11-9-15(10-13-11)6-2-5-14-7-3-12-4-8-14/h9-10,12H,2-8H2,1H3. The second-order valence-corrected chi connectivity index (χ2v) is 4.20. The molecule has 0 aliphatic carbocycles. The summed E-state index contributed by atoms with van der Waals surface area (Å²) < 4.78 is 2.18. The Hall–Kier alpha value is -0.870. The summed E-state index contributed by atoms with van der Waals surface area (Å²) in [5.41, 5.74) is 1.11. The van der Waals surface area contributed by atoms with Gasteiger partial charge in [-0.15, -0.1) is 0 Å². The van der Waals surface area contributed by atoms with E-state index in [1.54, 1.807) is 0 Å². The fourth-order valence-corrected chi connectivity index (χ4v) is 2.01. The van der Waals surface area contributed by atoms with Crippen LogP contribution < -0.4 is 5.32 Å². The molecule has 2 heterocycles. The quantitative estimate of drug-likeness (QED) is 0.781. The van der Waals surface area contributed by atoms with Crippen molar-refractivity contribution in [2.24, 2.45) is 0 Å². The zero-order chi connectivity index (χ0) is 10.5. The average Bonchev–Trinajstić information content (AvgIpc) is 2.66. The Morgan fingerprint density at radius 2 is 2.13 bits per heavy atom. The van der Waals surface area contributed by atoms with Gasteiger partial charge in [-0.25, -0.2) is 4.98 Å². The van der Waals surface area contributed by atoms with E-state index < -0.39 is 0 Å². The lowest BCUT2D eigenvalue weighted by molar-refractivity contribution is 0.234. The molecule has 4 heteroatoms. The summed E-state index contributed by atoms with van der Waals surface area (Å²) in [7, 11) is 0. The van der Waals surface area contributed by atoms with Crippen LogP contribution in [0.3, 0.4) is 0 Å². The second kappa shape index (κ2) is 5.28. The summed E-state index contributed by atoms with van der Waals surface area (Å²) in [6.07, 6.45) is 5.25. The first-order valence-electron chi connectivity index (χ1n) is 5.76. The van der Waals surface area contributed by atoms with Gasteiger partial charge in [0, 0.05) is 38.9 Å². The lowest BCUT2D eigenvalue weighted by atomic mass is 10.3. The monoisotopic (exact) mass is 208 g/mol. The molecule has 1 N–H and O–H groups in total. The zero-order valence-corrected chi connectivity index (χ0v) is 9.45. The van der Waals surface area contributed by atoms with E-state index in [1.165, 1.54) is 26.1 Å². The highest BCUT2D eigenvalue weighted by Gasteiger charge is 2.08. The summed E-state index contributed by atoms with van der Waals surface area (Å²) >= 11 is 0. The van der Waals surface area contributed by atoms with Crippen molar-refractivity contribution in [1.82, 2.24) is 19.8 Å². The van der Waals surface area contributed by atoms with E-state index in [4.69, 9.17) is 0 Å². The predicted molar refractivity (Wildman–Crippen MR) is 60.9 cm³/mol. The smallest absolute Gasteiger partial charge is 0.0949 e. The topological polar surface area (TPSA) is 33.1 Å². The Bertz CT molecular complexity index is 289. The van der Waals surface area contributed by atoms with Gasteiger partial charge in [0.25, 0.3) is 0 Å². The molecule has 1 aromatic rings. The highest BCUT2D eigenvalue weighted by Crippen LogP contribution is 1.99. The maximum absolute atomic E-state index is 4.22. The summed E-state index contributed by atoms with van der Waals surface area (Å²) in [5, 5.41) is 3.37. The first-order valence-corrected chi connectivity index (χ1v) is 5.76. The van der Waals surface area contributed by atoms with Crippen molar-refractivity contribution in [2.75, 3.05) is 32.7 Å². The van der Waals surface area contributed by atoms with E-state index in [1.807, 2.05) is 13.3 Å². The number of piperazine rings is 1. The van der Waals surface area contributed by atoms with E-state index in [9.17, 15) is 0 Å². The molecule has 1 fully saturated rings. The largest absolute Gasteiger partial charge is 0.337 e. The van der Waals surface area contributed by atoms with E-state index in [0.29, 0.717) is 0 Å². The minimum absolute atomic E-state index is 1.09. The Balaban J connectivity index is 1.65. The average molecular weight is 208 g/mol. The molecule has 0 atom stereocenters. The van der Waals surface area contributed by atoms with Crippen LogP contribution >= 0.6 is 0 Å². The predicted octanol–water partition coefficient (Wildman–Crippen LogP) is 0.487. The van der Waals surface area contributed by atoms with Crippen molar-refractivity contribution in [2.45, 2.75) is 19.9 Å². The maximum atomic E-state index is 4.22. The third kappa shape index (κ3) is 3.32. The molecule has 4 nitrogen and oxygen atoms in total. The molecule has 0 amide bonds. The van der Waals surface area contributed by atoms with Gasteiger partial charge in [0.05, 0.1) is 12.0 Å². The molecule has 0 unspecified atom stereocenters. The molecule has 0 saturated carbocycles. The number of aryl methyl sites for hydroxylation is 2.